The van der Waals surface area contributed by atoms with Crippen LogP contribution in [0.15, 0.2) is 29.0 Å². The minimum atomic E-state index is -0.280. The molecule has 7 heteroatoms. The molecule has 1 atom stereocenters. The fraction of sp³-hybridized carbons (Fsp3) is 0.412. The van der Waals surface area contributed by atoms with Crippen LogP contribution in [0.5, 0.6) is 0 Å². The van der Waals surface area contributed by atoms with E-state index in [0.29, 0.717) is 5.89 Å². The van der Waals surface area contributed by atoms with Crippen molar-refractivity contribution in [2.45, 2.75) is 32.1 Å². The van der Waals surface area contributed by atoms with Crippen LogP contribution < -0.4 is 4.90 Å². The number of aryl methyl sites for hydroxylation is 1. The van der Waals surface area contributed by atoms with Gasteiger partial charge in [0.25, 0.3) is 0 Å². The standard InChI is InChI=1S/C17H18FN5O/c1-2-15-21-16(22-24-15)11-4-3-7-23(9-11)17-13-8-12(18)5-6-14(13)19-10-20-17/h5-6,8,10-11H,2-4,7,9H2,1H3/t11-/m1/s1. The van der Waals surface area contributed by atoms with E-state index in [2.05, 4.69) is 25.0 Å². The number of rotatable bonds is 3. The average molecular weight is 327 g/mol. The molecule has 0 N–H and O–H groups in total. The van der Waals surface area contributed by atoms with E-state index in [9.17, 15) is 4.39 Å². The maximum atomic E-state index is 13.7. The maximum absolute atomic E-state index is 13.7. The monoisotopic (exact) mass is 327 g/mol. The summed E-state index contributed by atoms with van der Waals surface area (Å²) in [4.78, 5) is 15.3. The lowest BCUT2D eigenvalue weighted by Gasteiger charge is -2.32. The molecule has 0 saturated carbocycles. The maximum Gasteiger partial charge on any atom is 0.226 e. The summed E-state index contributed by atoms with van der Waals surface area (Å²) in [6.07, 6.45) is 4.28. The van der Waals surface area contributed by atoms with Gasteiger partial charge in [-0.1, -0.05) is 12.1 Å². The van der Waals surface area contributed by atoms with Crippen molar-refractivity contribution in [2.75, 3.05) is 18.0 Å². The van der Waals surface area contributed by atoms with Crippen LogP contribution in [0.3, 0.4) is 0 Å². The minimum Gasteiger partial charge on any atom is -0.355 e. The molecule has 1 fully saturated rings. The zero-order valence-electron chi connectivity index (χ0n) is 13.4. The number of halogens is 1. The number of hydrogen-bond donors (Lipinski definition) is 0. The molecule has 3 aromatic rings. The van der Waals surface area contributed by atoms with Crippen LogP contribution in [0.25, 0.3) is 10.9 Å². The van der Waals surface area contributed by atoms with Gasteiger partial charge in [-0.15, -0.1) is 0 Å². The fourth-order valence-electron chi connectivity index (χ4n) is 3.22. The number of benzene rings is 1. The first-order valence-electron chi connectivity index (χ1n) is 8.22. The Labute approximate surface area is 138 Å². The van der Waals surface area contributed by atoms with Crippen LogP contribution in [0.4, 0.5) is 10.2 Å². The predicted molar refractivity (Wildman–Crippen MR) is 87.4 cm³/mol. The summed E-state index contributed by atoms with van der Waals surface area (Å²) < 4.78 is 18.9. The van der Waals surface area contributed by atoms with E-state index >= 15 is 0 Å². The lowest BCUT2D eigenvalue weighted by Crippen LogP contribution is -2.35. The Bertz CT molecular complexity index is 865. The Balaban J connectivity index is 1.65. The van der Waals surface area contributed by atoms with Gasteiger partial charge >= 0.3 is 0 Å². The second kappa shape index (κ2) is 6.14. The zero-order valence-corrected chi connectivity index (χ0v) is 13.4. The third kappa shape index (κ3) is 2.70. The van der Waals surface area contributed by atoms with Gasteiger partial charge in [0.2, 0.25) is 5.89 Å². The number of anilines is 1. The van der Waals surface area contributed by atoms with Crippen molar-refractivity contribution >= 4 is 16.7 Å². The van der Waals surface area contributed by atoms with Crippen LogP contribution in [0.2, 0.25) is 0 Å². The SMILES string of the molecule is CCc1nc([C@@H]2CCCN(c3ncnc4ccc(F)cc34)C2)no1. The summed E-state index contributed by atoms with van der Waals surface area (Å²) in [6, 6.07) is 4.60. The van der Waals surface area contributed by atoms with Crippen LogP contribution in [-0.4, -0.2) is 33.2 Å². The number of aromatic nitrogens is 4. The Morgan fingerprint density at radius 1 is 1.33 bits per heavy atom. The van der Waals surface area contributed by atoms with Gasteiger partial charge in [0.1, 0.15) is 18.0 Å². The predicted octanol–water partition coefficient (Wildman–Crippen LogP) is 3.10. The van der Waals surface area contributed by atoms with Crippen molar-refractivity contribution in [3.63, 3.8) is 0 Å². The molecule has 1 aromatic carbocycles. The van der Waals surface area contributed by atoms with Gasteiger partial charge in [0.05, 0.1) is 5.52 Å². The number of fused-ring (bicyclic) bond motifs is 1. The van der Waals surface area contributed by atoms with E-state index in [4.69, 9.17) is 4.52 Å². The highest BCUT2D eigenvalue weighted by Crippen LogP contribution is 2.31. The topological polar surface area (TPSA) is 67.9 Å². The molecular weight excluding hydrogens is 309 g/mol. The van der Waals surface area contributed by atoms with Crippen LogP contribution >= 0.6 is 0 Å². The first kappa shape index (κ1) is 15.0. The number of nitrogens with zero attached hydrogens (tertiary/aromatic N) is 5. The van der Waals surface area contributed by atoms with Crippen LogP contribution in [-0.2, 0) is 6.42 Å². The van der Waals surface area contributed by atoms with Crippen molar-refractivity contribution in [1.29, 1.82) is 0 Å². The first-order chi connectivity index (χ1) is 11.7. The van der Waals surface area contributed by atoms with Crippen molar-refractivity contribution in [2.24, 2.45) is 0 Å². The van der Waals surface area contributed by atoms with E-state index in [1.54, 1.807) is 6.07 Å². The summed E-state index contributed by atoms with van der Waals surface area (Å²) >= 11 is 0. The summed E-state index contributed by atoms with van der Waals surface area (Å²) in [5.41, 5.74) is 0.747. The molecule has 1 aliphatic heterocycles. The number of hydrogen-bond acceptors (Lipinski definition) is 6. The molecule has 1 saturated heterocycles. The van der Waals surface area contributed by atoms with E-state index in [0.717, 1.165) is 54.9 Å². The van der Waals surface area contributed by atoms with Crippen LogP contribution in [0, 0.1) is 5.82 Å². The normalized spacial score (nSPS) is 18.2. The van der Waals surface area contributed by atoms with E-state index in [1.165, 1.54) is 18.5 Å². The van der Waals surface area contributed by atoms with Gasteiger partial charge in [0, 0.05) is 30.8 Å². The molecule has 4 rings (SSSR count). The smallest absolute Gasteiger partial charge is 0.226 e. The molecule has 0 radical (unpaired) electrons. The second-order valence-corrected chi connectivity index (χ2v) is 6.04. The van der Waals surface area contributed by atoms with Crippen molar-refractivity contribution in [1.82, 2.24) is 20.1 Å². The molecule has 24 heavy (non-hydrogen) atoms. The highest BCUT2D eigenvalue weighted by Gasteiger charge is 2.27. The molecule has 1 aliphatic rings. The van der Waals surface area contributed by atoms with Crippen molar-refractivity contribution in [3.8, 4) is 0 Å². The largest absolute Gasteiger partial charge is 0.355 e. The fourth-order valence-corrected chi connectivity index (χ4v) is 3.22. The van der Waals surface area contributed by atoms with Crippen LogP contribution in [0.1, 0.15) is 37.4 Å². The lowest BCUT2D eigenvalue weighted by atomic mass is 9.97. The van der Waals surface area contributed by atoms with Gasteiger partial charge < -0.3 is 9.42 Å². The summed E-state index contributed by atoms with van der Waals surface area (Å²) in [5.74, 6) is 2.10. The summed E-state index contributed by atoms with van der Waals surface area (Å²) in [6.45, 7) is 3.61. The Hall–Kier alpha value is -2.57. The molecule has 0 spiro atoms. The summed E-state index contributed by atoms with van der Waals surface area (Å²) in [7, 11) is 0. The molecule has 0 aliphatic carbocycles. The first-order valence-corrected chi connectivity index (χ1v) is 8.22. The lowest BCUT2D eigenvalue weighted by molar-refractivity contribution is 0.368. The van der Waals surface area contributed by atoms with Gasteiger partial charge in [-0.25, -0.2) is 14.4 Å². The minimum absolute atomic E-state index is 0.196. The summed E-state index contributed by atoms with van der Waals surface area (Å²) in [5, 5.41) is 4.85. The van der Waals surface area contributed by atoms with Gasteiger partial charge in [-0.05, 0) is 31.0 Å². The van der Waals surface area contributed by atoms with Crippen molar-refractivity contribution < 1.29 is 8.91 Å². The highest BCUT2D eigenvalue weighted by molar-refractivity contribution is 5.89. The zero-order chi connectivity index (χ0) is 16.5. The van der Waals surface area contributed by atoms with Gasteiger partial charge in [-0.3, -0.25) is 0 Å². The Morgan fingerprint density at radius 2 is 2.25 bits per heavy atom. The third-order valence-electron chi connectivity index (χ3n) is 4.45. The molecule has 0 unspecified atom stereocenters. The highest BCUT2D eigenvalue weighted by atomic mass is 19.1. The second-order valence-electron chi connectivity index (χ2n) is 6.04. The van der Waals surface area contributed by atoms with E-state index < -0.39 is 0 Å². The Morgan fingerprint density at radius 3 is 3.08 bits per heavy atom. The molecule has 3 heterocycles. The van der Waals surface area contributed by atoms with E-state index in [1.807, 2.05) is 6.92 Å². The van der Waals surface area contributed by atoms with Gasteiger partial charge in [-0.2, -0.15) is 4.98 Å². The number of piperidine rings is 1. The van der Waals surface area contributed by atoms with Gasteiger partial charge in [0.15, 0.2) is 5.82 Å². The molecule has 124 valence electrons. The third-order valence-corrected chi connectivity index (χ3v) is 4.45. The molecule has 2 aromatic heterocycles. The molecular formula is C17H18FN5O. The molecule has 6 nitrogen and oxygen atoms in total. The quantitative estimate of drug-likeness (QED) is 0.736. The Kier molecular flexibility index (Phi) is 3.84. The molecule has 0 amide bonds. The van der Waals surface area contributed by atoms with E-state index in [-0.39, 0.29) is 11.7 Å². The van der Waals surface area contributed by atoms with Crippen molar-refractivity contribution in [3.05, 3.63) is 42.1 Å². The average Bonchev–Trinajstić information content (AvgIpc) is 3.10. The molecule has 0 bridgehead atoms.